The van der Waals surface area contributed by atoms with Gasteiger partial charge in [-0.2, -0.15) is 0 Å². The third kappa shape index (κ3) is 5.60. The molecule has 4 rings (SSSR count). The quantitative estimate of drug-likeness (QED) is 0.531. The average molecular weight is 442 g/mol. The summed E-state index contributed by atoms with van der Waals surface area (Å²) in [5.74, 6) is 1.20. The fourth-order valence-electron chi connectivity index (χ4n) is 3.96. The normalized spacial score (nSPS) is 16.3. The number of halogens is 1. The van der Waals surface area contributed by atoms with Gasteiger partial charge in [-0.3, -0.25) is 9.69 Å². The molecule has 1 aliphatic heterocycles. The smallest absolute Gasteiger partial charge is 0.220 e. The first-order chi connectivity index (χ1) is 15.1. The van der Waals surface area contributed by atoms with Crippen LogP contribution in [0.4, 0.5) is 4.39 Å². The summed E-state index contributed by atoms with van der Waals surface area (Å²) in [6.07, 6.45) is 4.57. The number of amides is 1. The van der Waals surface area contributed by atoms with E-state index in [1.54, 1.807) is 29.5 Å². The summed E-state index contributed by atoms with van der Waals surface area (Å²) >= 11 is 1.74. The SMILES string of the molecule is CC1CCN(C(CNC(=O)CCc2ncc(-c3ccccc3F)o2)c2cccs2)CC1. The van der Waals surface area contributed by atoms with Crippen LogP contribution < -0.4 is 5.32 Å². The van der Waals surface area contributed by atoms with E-state index in [-0.39, 0.29) is 24.2 Å². The molecule has 7 heteroatoms. The molecule has 164 valence electrons. The Morgan fingerprint density at radius 2 is 2.10 bits per heavy atom. The molecule has 0 bridgehead atoms. The van der Waals surface area contributed by atoms with E-state index in [0.29, 0.717) is 30.2 Å². The van der Waals surface area contributed by atoms with Crippen molar-refractivity contribution in [3.63, 3.8) is 0 Å². The molecule has 0 spiro atoms. The van der Waals surface area contributed by atoms with Crippen LogP contribution in [-0.4, -0.2) is 35.4 Å². The first-order valence-corrected chi connectivity index (χ1v) is 11.7. The molecule has 5 nitrogen and oxygen atoms in total. The number of aryl methyl sites for hydroxylation is 1. The lowest BCUT2D eigenvalue weighted by Gasteiger charge is -2.36. The molecule has 0 aliphatic carbocycles. The molecule has 1 atom stereocenters. The zero-order chi connectivity index (χ0) is 21.6. The van der Waals surface area contributed by atoms with Gasteiger partial charge in [0.2, 0.25) is 5.91 Å². The highest BCUT2D eigenvalue weighted by Gasteiger charge is 2.25. The Balaban J connectivity index is 1.30. The van der Waals surface area contributed by atoms with E-state index in [2.05, 4.69) is 39.6 Å². The number of aromatic nitrogens is 1. The van der Waals surface area contributed by atoms with Gasteiger partial charge in [-0.1, -0.05) is 25.1 Å². The molecule has 1 aliphatic rings. The van der Waals surface area contributed by atoms with Crippen molar-refractivity contribution >= 4 is 17.2 Å². The largest absolute Gasteiger partial charge is 0.441 e. The second-order valence-electron chi connectivity index (χ2n) is 8.15. The van der Waals surface area contributed by atoms with Crippen LogP contribution in [0, 0.1) is 11.7 Å². The molecular formula is C24H28FN3O2S. The minimum atomic E-state index is -0.352. The van der Waals surface area contributed by atoms with Crippen LogP contribution in [0.15, 0.2) is 52.4 Å². The monoisotopic (exact) mass is 441 g/mol. The van der Waals surface area contributed by atoms with Gasteiger partial charge in [-0.05, 0) is 55.4 Å². The van der Waals surface area contributed by atoms with Gasteiger partial charge in [0.25, 0.3) is 0 Å². The zero-order valence-electron chi connectivity index (χ0n) is 17.7. The number of oxazole rings is 1. The Morgan fingerprint density at radius 1 is 1.29 bits per heavy atom. The van der Waals surface area contributed by atoms with E-state index in [1.807, 2.05) is 0 Å². The predicted octanol–water partition coefficient (Wildman–Crippen LogP) is 5.06. The van der Waals surface area contributed by atoms with Crippen molar-refractivity contribution in [3.8, 4) is 11.3 Å². The molecule has 2 aromatic heterocycles. The number of hydrogen-bond donors (Lipinski definition) is 1. The number of nitrogens with one attached hydrogen (secondary N) is 1. The third-order valence-electron chi connectivity index (χ3n) is 5.88. The van der Waals surface area contributed by atoms with Gasteiger partial charge in [-0.15, -0.1) is 11.3 Å². The number of hydrogen-bond acceptors (Lipinski definition) is 5. The summed E-state index contributed by atoms with van der Waals surface area (Å²) in [5, 5.41) is 5.18. The Hall–Kier alpha value is -2.51. The van der Waals surface area contributed by atoms with Gasteiger partial charge < -0.3 is 9.73 Å². The first-order valence-electron chi connectivity index (χ1n) is 10.8. The number of rotatable bonds is 8. The van der Waals surface area contributed by atoms with Crippen LogP contribution in [-0.2, 0) is 11.2 Å². The van der Waals surface area contributed by atoms with Crippen molar-refractivity contribution in [2.75, 3.05) is 19.6 Å². The van der Waals surface area contributed by atoms with E-state index in [9.17, 15) is 9.18 Å². The number of thiophene rings is 1. The molecule has 31 heavy (non-hydrogen) atoms. The van der Waals surface area contributed by atoms with Gasteiger partial charge in [0.1, 0.15) is 5.82 Å². The van der Waals surface area contributed by atoms with Gasteiger partial charge in [-0.25, -0.2) is 9.37 Å². The van der Waals surface area contributed by atoms with Gasteiger partial charge in [0.05, 0.1) is 17.8 Å². The predicted molar refractivity (Wildman–Crippen MR) is 120 cm³/mol. The Morgan fingerprint density at radius 3 is 2.84 bits per heavy atom. The lowest BCUT2D eigenvalue weighted by atomic mass is 9.97. The minimum Gasteiger partial charge on any atom is -0.441 e. The summed E-state index contributed by atoms with van der Waals surface area (Å²) in [6.45, 7) is 5.03. The van der Waals surface area contributed by atoms with Crippen molar-refractivity contribution < 1.29 is 13.6 Å². The van der Waals surface area contributed by atoms with E-state index in [0.717, 1.165) is 19.0 Å². The van der Waals surface area contributed by atoms with Crippen LogP contribution in [0.25, 0.3) is 11.3 Å². The van der Waals surface area contributed by atoms with Crippen molar-refractivity contribution in [2.24, 2.45) is 5.92 Å². The standard InChI is InChI=1S/C24H28FN3O2S/c1-17-10-12-28(13-11-17)20(22-7-4-14-31-22)15-26-23(29)8-9-24-27-16-21(30-24)18-5-2-3-6-19(18)25/h2-7,14,16-17,20H,8-13,15H2,1H3,(H,26,29). The molecule has 3 heterocycles. The number of piperidine rings is 1. The van der Waals surface area contributed by atoms with E-state index < -0.39 is 0 Å². The lowest BCUT2D eigenvalue weighted by Crippen LogP contribution is -2.41. The Labute approximate surface area is 186 Å². The molecule has 0 radical (unpaired) electrons. The summed E-state index contributed by atoms with van der Waals surface area (Å²) in [5.41, 5.74) is 0.375. The highest BCUT2D eigenvalue weighted by atomic mass is 32.1. The van der Waals surface area contributed by atoms with Crippen LogP contribution in [0.1, 0.15) is 43.0 Å². The first kappa shape index (κ1) is 21.7. The van der Waals surface area contributed by atoms with E-state index in [4.69, 9.17) is 4.42 Å². The van der Waals surface area contributed by atoms with Gasteiger partial charge in [0, 0.05) is 24.3 Å². The van der Waals surface area contributed by atoms with E-state index >= 15 is 0 Å². The molecule has 0 saturated carbocycles. The van der Waals surface area contributed by atoms with Crippen molar-refractivity contribution in [1.82, 2.24) is 15.2 Å². The van der Waals surface area contributed by atoms with Crippen molar-refractivity contribution in [3.05, 3.63) is 64.6 Å². The highest BCUT2D eigenvalue weighted by Crippen LogP contribution is 2.29. The number of carbonyl (C=O) groups is 1. The molecule has 3 aromatic rings. The fourth-order valence-corrected chi connectivity index (χ4v) is 4.82. The Kier molecular flexibility index (Phi) is 7.14. The van der Waals surface area contributed by atoms with Crippen LogP contribution in [0.5, 0.6) is 0 Å². The van der Waals surface area contributed by atoms with Crippen LogP contribution in [0.2, 0.25) is 0 Å². The minimum absolute atomic E-state index is 0.0300. The molecule has 1 fully saturated rings. The summed E-state index contributed by atoms with van der Waals surface area (Å²) < 4.78 is 19.6. The van der Waals surface area contributed by atoms with Crippen molar-refractivity contribution in [1.29, 1.82) is 0 Å². The van der Waals surface area contributed by atoms with Gasteiger partial charge >= 0.3 is 0 Å². The number of nitrogens with zero attached hydrogens (tertiary/aromatic N) is 2. The average Bonchev–Trinajstić information content (AvgIpc) is 3.46. The molecular weight excluding hydrogens is 413 g/mol. The van der Waals surface area contributed by atoms with E-state index in [1.165, 1.54) is 30.0 Å². The summed E-state index contributed by atoms with van der Waals surface area (Å²) in [7, 11) is 0. The molecule has 1 amide bonds. The van der Waals surface area contributed by atoms with Crippen LogP contribution >= 0.6 is 11.3 Å². The number of likely N-dealkylation sites (tertiary alicyclic amines) is 1. The van der Waals surface area contributed by atoms with Crippen molar-refractivity contribution in [2.45, 2.75) is 38.6 Å². The molecule has 1 aromatic carbocycles. The maximum Gasteiger partial charge on any atom is 0.220 e. The fraction of sp³-hybridized carbons (Fsp3) is 0.417. The molecule has 1 saturated heterocycles. The second-order valence-corrected chi connectivity index (χ2v) is 9.13. The highest BCUT2D eigenvalue weighted by molar-refractivity contribution is 7.10. The Bertz CT molecular complexity index is 980. The maximum atomic E-state index is 13.9. The molecule has 1 unspecified atom stereocenters. The summed E-state index contributed by atoms with van der Waals surface area (Å²) in [6, 6.07) is 10.9. The topological polar surface area (TPSA) is 58.4 Å². The lowest BCUT2D eigenvalue weighted by molar-refractivity contribution is -0.121. The second kappa shape index (κ2) is 10.2. The maximum absolute atomic E-state index is 13.9. The van der Waals surface area contributed by atoms with Crippen LogP contribution in [0.3, 0.4) is 0 Å². The number of benzene rings is 1. The molecule has 1 N–H and O–H groups in total. The van der Waals surface area contributed by atoms with Gasteiger partial charge in [0.15, 0.2) is 11.7 Å². The summed E-state index contributed by atoms with van der Waals surface area (Å²) in [4.78, 5) is 20.5. The zero-order valence-corrected chi connectivity index (χ0v) is 18.5. The third-order valence-corrected chi connectivity index (χ3v) is 6.86. The number of carbonyl (C=O) groups excluding carboxylic acids is 1.